The van der Waals surface area contributed by atoms with Gasteiger partial charge in [-0.25, -0.2) is 4.98 Å². The number of benzene rings is 1. The molecule has 0 spiro atoms. The molecular formula is C18H24N2O2. The van der Waals surface area contributed by atoms with Crippen LogP contribution in [0.4, 0.5) is 0 Å². The van der Waals surface area contributed by atoms with E-state index in [2.05, 4.69) is 29.4 Å². The lowest BCUT2D eigenvalue weighted by Crippen LogP contribution is -2.26. The summed E-state index contributed by atoms with van der Waals surface area (Å²) < 4.78 is 10.2. The third-order valence-corrected chi connectivity index (χ3v) is 3.69. The summed E-state index contributed by atoms with van der Waals surface area (Å²) in [6.45, 7) is 3.03. The Balaban J connectivity index is 1.73. The first-order chi connectivity index (χ1) is 10.7. The van der Waals surface area contributed by atoms with Crippen molar-refractivity contribution in [3.05, 3.63) is 53.7 Å². The van der Waals surface area contributed by atoms with Gasteiger partial charge in [0.25, 0.3) is 0 Å². The van der Waals surface area contributed by atoms with Crippen LogP contribution in [-0.4, -0.2) is 25.2 Å². The normalized spacial score (nSPS) is 12.0. The molecule has 0 amide bonds. The SMILES string of the molecule is COc1ccc(CCC(C)NCc2ccc(OC)nc2)cc1. The second-order valence-corrected chi connectivity index (χ2v) is 5.38. The summed E-state index contributed by atoms with van der Waals surface area (Å²) in [7, 11) is 3.32. The molecule has 2 rings (SSSR count). The minimum absolute atomic E-state index is 0.448. The second kappa shape index (κ2) is 8.39. The molecule has 0 bridgehead atoms. The average molecular weight is 300 g/mol. The predicted molar refractivity (Wildman–Crippen MR) is 88.4 cm³/mol. The van der Waals surface area contributed by atoms with Gasteiger partial charge >= 0.3 is 0 Å². The minimum atomic E-state index is 0.448. The number of nitrogens with one attached hydrogen (secondary N) is 1. The second-order valence-electron chi connectivity index (χ2n) is 5.38. The zero-order chi connectivity index (χ0) is 15.8. The molecule has 4 heteroatoms. The van der Waals surface area contributed by atoms with Crippen molar-refractivity contribution >= 4 is 0 Å². The van der Waals surface area contributed by atoms with Crippen molar-refractivity contribution in [1.29, 1.82) is 0 Å². The van der Waals surface area contributed by atoms with Crippen molar-refractivity contribution in [3.63, 3.8) is 0 Å². The fraction of sp³-hybridized carbons (Fsp3) is 0.389. The summed E-state index contributed by atoms with van der Waals surface area (Å²) in [5.74, 6) is 1.55. The topological polar surface area (TPSA) is 43.4 Å². The summed E-state index contributed by atoms with van der Waals surface area (Å²) in [6.07, 6.45) is 4.00. The maximum Gasteiger partial charge on any atom is 0.212 e. The molecular weight excluding hydrogens is 276 g/mol. The van der Waals surface area contributed by atoms with E-state index >= 15 is 0 Å². The highest BCUT2D eigenvalue weighted by atomic mass is 16.5. The van der Waals surface area contributed by atoms with Crippen LogP contribution in [0.3, 0.4) is 0 Å². The van der Waals surface area contributed by atoms with Gasteiger partial charge in [-0.3, -0.25) is 0 Å². The lowest BCUT2D eigenvalue weighted by Gasteiger charge is -2.14. The summed E-state index contributed by atoms with van der Waals surface area (Å²) in [4.78, 5) is 4.21. The van der Waals surface area contributed by atoms with Crippen molar-refractivity contribution in [3.8, 4) is 11.6 Å². The van der Waals surface area contributed by atoms with Crippen LogP contribution in [-0.2, 0) is 13.0 Å². The Hall–Kier alpha value is -2.07. The molecule has 1 aromatic heterocycles. The van der Waals surface area contributed by atoms with E-state index < -0.39 is 0 Å². The molecule has 4 nitrogen and oxygen atoms in total. The van der Waals surface area contributed by atoms with E-state index in [4.69, 9.17) is 9.47 Å². The van der Waals surface area contributed by atoms with E-state index in [1.165, 1.54) is 5.56 Å². The third-order valence-electron chi connectivity index (χ3n) is 3.69. The van der Waals surface area contributed by atoms with Gasteiger partial charge in [-0.05, 0) is 43.0 Å². The highest BCUT2D eigenvalue weighted by Crippen LogP contribution is 2.13. The smallest absolute Gasteiger partial charge is 0.212 e. The number of rotatable bonds is 8. The maximum atomic E-state index is 5.17. The number of hydrogen-bond acceptors (Lipinski definition) is 4. The van der Waals surface area contributed by atoms with Gasteiger partial charge in [-0.2, -0.15) is 0 Å². The largest absolute Gasteiger partial charge is 0.497 e. The van der Waals surface area contributed by atoms with Gasteiger partial charge < -0.3 is 14.8 Å². The van der Waals surface area contributed by atoms with Crippen molar-refractivity contribution in [1.82, 2.24) is 10.3 Å². The van der Waals surface area contributed by atoms with Gasteiger partial charge in [-0.15, -0.1) is 0 Å². The van der Waals surface area contributed by atoms with Crippen LogP contribution in [0, 0.1) is 0 Å². The number of hydrogen-bond donors (Lipinski definition) is 1. The first-order valence-corrected chi connectivity index (χ1v) is 7.56. The van der Waals surface area contributed by atoms with Gasteiger partial charge in [-0.1, -0.05) is 18.2 Å². The quantitative estimate of drug-likeness (QED) is 0.813. The monoisotopic (exact) mass is 300 g/mol. The molecule has 1 N–H and O–H groups in total. The minimum Gasteiger partial charge on any atom is -0.497 e. The summed E-state index contributed by atoms with van der Waals surface area (Å²) in [5, 5.41) is 3.52. The highest BCUT2D eigenvalue weighted by molar-refractivity contribution is 5.27. The first-order valence-electron chi connectivity index (χ1n) is 7.56. The number of nitrogens with zero attached hydrogens (tertiary/aromatic N) is 1. The Bertz CT molecular complexity index is 501. The van der Waals surface area contributed by atoms with Gasteiger partial charge in [0.15, 0.2) is 0 Å². The highest BCUT2D eigenvalue weighted by Gasteiger charge is 2.03. The molecule has 0 saturated heterocycles. The van der Waals surface area contributed by atoms with Crippen molar-refractivity contribution in [2.75, 3.05) is 14.2 Å². The molecule has 1 heterocycles. The van der Waals surface area contributed by atoms with E-state index in [9.17, 15) is 0 Å². The van der Waals surface area contributed by atoms with Crippen molar-refractivity contribution < 1.29 is 9.47 Å². The van der Waals surface area contributed by atoms with Gasteiger partial charge in [0, 0.05) is 24.8 Å². The zero-order valence-corrected chi connectivity index (χ0v) is 13.5. The van der Waals surface area contributed by atoms with Crippen LogP contribution < -0.4 is 14.8 Å². The standard InChI is InChI=1S/C18H24N2O2/c1-14(4-5-15-6-9-17(21-2)10-7-15)19-12-16-8-11-18(22-3)20-13-16/h6-11,13-14,19H,4-5,12H2,1-3H3. The molecule has 0 aliphatic rings. The molecule has 0 fully saturated rings. The van der Waals surface area contributed by atoms with Crippen LogP contribution in [0.2, 0.25) is 0 Å². The Kier molecular flexibility index (Phi) is 6.22. The summed E-state index contributed by atoms with van der Waals surface area (Å²) in [6, 6.07) is 12.6. The zero-order valence-electron chi connectivity index (χ0n) is 13.5. The number of aryl methyl sites for hydroxylation is 1. The van der Waals surface area contributed by atoms with Crippen LogP contribution in [0.15, 0.2) is 42.6 Å². The number of aromatic nitrogens is 1. The predicted octanol–water partition coefficient (Wildman–Crippen LogP) is 3.21. The Morgan fingerprint density at radius 3 is 2.32 bits per heavy atom. The Morgan fingerprint density at radius 1 is 1.00 bits per heavy atom. The van der Waals surface area contributed by atoms with Gasteiger partial charge in [0.1, 0.15) is 5.75 Å². The summed E-state index contributed by atoms with van der Waals surface area (Å²) in [5.41, 5.74) is 2.50. The number of methoxy groups -OCH3 is 2. The fourth-order valence-electron chi connectivity index (χ4n) is 2.21. The van der Waals surface area contributed by atoms with E-state index in [0.29, 0.717) is 11.9 Å². The van der Waals surface area contributed by atoms with E-state index in [1.807, 2.05) is 30.5 Å². The molecule has 2 aromatic rings. The van der Waals surface area contributed by atoms with Gasteiger partial charge in [0.05, 0.1) is 14.2 Å². The van der Waals surface area contributed by atoms with E-state index in [0.717, 1.165) is 30.7 Å². The molecule has 1 atom stereocenters. The third kappa shape index (κ3) is 5.04. The van der Waals surface area contributed by atoms with Crippen LogP contribution in [0.25, 0.3) is 0 Å². The lowest BCUT2D eigenvalue weighted by molar-refractivity contribution is 0.397. The van der Waals surface area contributed by atoms with Crippen LogP contribution >= 0.6 is 0 Å². The Labute approximate surface area is 132 Å². The Morgan fingerprint density at radius 2 is 1.73 bits per heavy atom. The molecule has 1 aromatic carbocycles. The lowest BCUT2D eigenvalue weighted by atomic mass is 10.1. The molecule has 0 aliphatic carbocycles. The van der Waals surface area contributed by atoms with E-state index in [1.54, 1.807) is 14.2 Å². The van der Waals surface area contributed by atoms with E-state index in [-0.39, 0.29) is 0 Å². The molecule has 118 valence electrons. The van der Waals surface area contributed by atoms with Gasteiger partial charge in [0.2, 0.25) is 5.88 Å². The molecule has 0 saturated carbocycles. The molecule has 22 heavy (non-hydrogen) atoms. The van der Waals surface area contributed by atoms with Crippen LogP contribution in [0.1, 0.15) is 24.5 Å². The number of ether oxygens (including phenoxy) is 2. The number of pyridine rings is 1. The maximum absolute atomic E-state index is 5.17. The molecule has 0 radical (unpaired) electrons. The fourth-order valence-corrected chi connectivity index (χ4v) is 2.21. The molecule has 1 unspecified atom stereocenters. The first kappa shape index (κ1) is 16.3. The van der Waals surface area contributed by atoms with Crippen molar-refractivity contribution in [2.24, 2.45) is 0 Å². The van der Waals surface area contributed by atoms with Crippen LogP contribution in [0.5, 0.6) is 11.6 Å². The summed E-state index contributed by atoms with van der Waals surface area (Å²) >= 11 is 0. The molecule has 0 aliphatic heterocycles. The average Bonchev–Trinajstić information content (AvgIpc) is 2.59. The van der Waals surface area contributed by atoms with Crippen molar-refractivity contribution in [2.45, 2.75) is 32.4 Å².